The predicted octanol–water partition coefficient (Wildman–Crippen LogP) is 3.95. The van der Waals surface area contributed by atoms with E-state index >= 15 is 0 Å². The summed E-state index contributed by atoms with van der Waals surface area (Å²) in [5, 5.41) is 5.90. The van der Waals surface area contributed by atoms with Gasteiger partial charge in [0, 0.05) is 37.2 Å². The summed E-state index contributed by atoms with van der Waals surface area (Å²) in [7, 11) is 1.96. The molecule has 0 fully saturated rings. The van der Waals surface area contributed by atoms with Crippen LogP contribution in [0.25, 0.3) is 0 Å². The Balaban J connectivity index is 1.74. The number of carbonyl (C=O) groups is 1. The number of carbonyl (C=O) groups excluding carboxylic acids is 1. The highest BCUT2D eigenvalue weighted by atomic mass is 16.1. The summed E-state index contributed by atoms with van der Waals surface area (Å²) in [5.74, 6) is 1.20. The fraction of sp³-hybridized carbons (Fsp3) is 0.105. The standard InChI is InChI=1S/C19H19N5O/c1-14(25)21-15-8-10-16(11-9-15)22-19-20-13-12-18(23-19)24(2)17-6-4-3-5-7-17/h3-13H,1-2H3,(H,21,25)(H,20,22,23). The van der Waals surface area contributed by atoms with Gasteiger partial charge in [0.05, 0.1) is 0 Å². The van der Waals surface area contributed by atoms with Gasteiger partial charge in [0.2, 0.25) is 11.9 Å². The van der Waals surface area contributed by atoms with Crippen LogP contribution in [-0.2, 0) is 4.79 Å². The van der Waals surface area contributed by atoms with Crippen molar-refractivity contribution in [3.63, 3.8) is 0 Å². The van der Waals surface area contributed by atoms with Crippen molar-refractivity contribution in [3.8, 4) is 0 Å². The van der Waals surface area contributed by atoms with Gasteiger partial charge in [-0.1, -0.05) is 18.2 Å². The first-order chi connectivity index (χ1) is 12.1. The van der Waals surface area contributed by atoms with E-state index in [4.69, 9.17) is 0 Å². The maximum atomic E-state index is 11.1. The molecule has 126 valence electrons. The summed E-state index contributed by atoms with van der Waals surface area (Å²) >= 11 is 0. The highest BCUT2D eigenvalue weighted by Crippen LogP contribution is 2.23. The Morgan fingerprint density at radius 1 is 0.960 bits per heavy atom. The molecule has 0 atom stereocenters. The van der Waals surface area contributed by atoms with Crippen LogP contribution in [0, 0.1) is 0 Å². The Kier molecular flexibility index (Phi) is 4.89. The Morgan fingerprint density at radius 2 is 1.64 bits per heavy atom. The fourth-order valence-electron chi connectivity index (χ4n) is 2.35. The second kappa shape index (κ2) is 7.44. The lowest BCUT2D eigenvalue weighted by atomic mass is 10.3. The van der Waals surface area contributed by atoms with Crippen LogP contribution in [0.3, 0.4) is 0 Å². The average molecular weight is 333 g/mol. The Bertz CT molecular complexity index is 849. The number of nitrogens with zero attached hydrogens (tertiary/aromatic N) is 3. The van der Waals surface area contributed by atoms with Gasteiger partial charge in [-0.05, 0) is 42.5 Å². The zero-order valence-electron chi connectivity index (χ0n) is 14.1. The number of amides is 1. The van der Waals surface area contributed by atoms with Gasteiger partial charge >= 0.3 is 0 Å². The maximum absolute atomic E-state index is 11.1. The van der Waals surface area contributed by atoms with Gasteiger partial charge in [0.1, 0.15) is 5.82 Å². The van der Waals surface area contributed by atoms with Gasteiger partial charge in [-0.25, -0.2) is 4.98 Å². The van der Waals surface area contributed by atoms with E-state index in [1.165, 1.54) is 6.92 Å². The summed E-state index contributed by atoms with van der Waals surface area (Å²) in [6, 6.07) is 19.2. The molecule has 0 aliphatic heterocycles. The van der Waals surface area contributed by atoms with Crippen molar-refractivity contribution in [2.45, 2.75) is 6.92 Å². The molecule has 1 heterocycles. The molecule has 6 nitrogen and oxygen atoms in total. The minimum absolute atomic E-state index is 0.0966. The lowest BCUT2D eigenvalue weighted by Gasteiger charge is -2.18. The molecule has 0 aliphatic carbocycles. The Labute approximate surface area is 146 Å². The lowest BCUT2D eigenvalue weighted by molar-refractivity contribution is -0.114. The van der Waals surface area contributed by atoms with Crippen molar-refractivity contribution in [1.29, 1.82) is 0 Å². The summed E-state index contributed by atoms with van der Waals surface area (Å²) in [6.07, 6.45) is 1.72. The van der Waals surface area contributed by atoms with Crippen LogP contribution in [0.2, 0.25) is 0 Å². The zero-order valence-corrected chi connectivity index (χ0v) is 14.1. The molecule has 0 spiro atoms. The number of hydrogen-bond donors (Lipinski definition) is 2. The van der Waals surface area contributed by atoms with Crippen molar-refractivity contribution in [1.82, 2.24) is 9.97 Å². The smallest absolute Gasteiger partial charge is 0.229 e. The van der Waals surface area contributed by atoms with E-state index in [2.05, 4.69) is 20.6 Å². The number of aromatic nitrogens is 2. The van der Waals surface area contributed by atoms with Crippen LogP contribution in [0.4, 0.5) is 28.8 Å². The monoisotopic (exact) mass is 333 g/mol. The molecule has 3 aromatic rings. The lowest BCUT2D eigenvalue weighted by Crippen LogP contribution is -2.12. The third-order valence-electron chi connectivity index (χ3n) is 3.59. The van der Waals surface area contributed by atoms with E-state index in [0.717, 1.165) is 22.9 Å². The van der Waals surface area contributed by atoms with Gasteiger partial charge < -0.3 is 15.5 Å². The molecule has 1 amide bonds. The maximum Gasteiger partial charge on any atom is 0.229 e. The average Bonchev–Trinajstić information content (AvgIpc) is 2.63. The molecule has 0 bridgehead atoms. The van der Waals surface area contributed by atoms with E-state index < -0.39 is 0 Å². The SMILES string of the molecule is CC(=O)Nc1ccc(Nc2nccc(N(C)c3ccccc3)n2)cc1. The summed E-state index contributed by atoms with van der Waals surface area (Å²) in [5.41, 5.74) is 2.64. The van der Waals surface area contributed by atoms with Crippen LogP contribution in [0.5, 0.6) is 0 Å². The highest BCUT2D eigenvalue weighted by molar-refractivity contribution is 5.88. The highest BCUT2D eigenvalue weighted by Gasteiger charge is 2.07. The normalized spacial score (nSPS) is 10.2. The van der Waals surface area contributed by atoms with Crippen molar-refractivity contribution in [2.75, 3.05) is 22.6 Å². The molecule has 3 rings (SSSR count). The molecule has 0 unspecified atom stereocenters. The number of rotatable bonds is 5. The second-order valence-electron chi connectivity index (χ2n) is 5.52. The van der Waals surface area contributed by atoms with Gasteiger partial charge in [-0.2, -0.15) is 4.98 Å². The van der Waals surface area contributed by atoms with Crippen LogP contribution in [0.1, 0.15) is 6.92 Å². The summed E-state index contributed by atoms with van der Waals surface area (Å²) < 4.78 is 0. The predicted molar refractivity (Wildman–Crippen MR) is 101 cm³/mol. The van der Waals surface area contributed by atoms with E-state index in [-0.39, 0.29) is 5.91 Å². The number of para-hydroxylation sites is 1. The molecule has 0 radical (unpaired) electrons. The minimum Gasteiger partial charge on any atom is -0.329 e. The zero-order chi connectivity index (χ0) is 17.6. The van der Waals surface area contributed by atoms with Gasteiger partial charge in [0.15, 0.2) is 0 Å². The summed E-state index contributed by atoms with van der Waals surface area (Å²) in [6.45, 7) is 1.48. The van der Waals surface area contributed by atoms with E-state index in [1.54, 1.807) is 6.20 Å². The van der Waals surface area contributed by atoms with Crippen molar-refractivity contribution in [2.24, 2.45) is 0 Å². The molecule has 25 heavy (non-hydrogen) atoms. The van der Waals surface area contributed by atoms with Crippen LogP contribution in [0.15, 0.2) is 66.9 Å². The molecule has 0 saturated carbocycles. The van der Waals surface area contributed by atoms with Gasteiger partial charge in [-0.3, -0.25) is 4.79 Å². The topological polar surface area (TPSA) is 70.2 Å². The fourth-order valence-corrected chi connectivity index (χ4v) is 2.35. The molecule has 1 aromatic heterocycles. The van der Waals surface area contributed by atoms with Crippen LogP contribution < -0.4 is 15.5 Å². The Hall–Kier alpha value is -3.41. The third-order valence-corrected chi connectivity index (χ3v) is 3.59. The molecule has 6 heteroatoms. The molecule has 2 aromatic carbocycles. The molecular weight excluding hydrogens is 314 g/mol. The van der Waals surface area contributed by atoms with Crippen molar-refractivity contribution >= 4 is 34.7 Å². The Morgan fingerprint density at radius 3 is 2.32 bits per heavy atom. The molecular formula is C19H19N5O. The number of benzene rings is 2. The van der Waals surface area contributed by atoms with Crippen LogP contribution in [-0.4, -0.2) is 22.9 Å². The quantitative estimate of drug-likeness (QED) is 0.740. The number of hydrogen-bond acceptors (Lipinski definition) is 5. The van der Waals surface area contributed by atoms with E-state index in [1.807, 2.05) is 72.6 Å². The van der Waals surface area contributed by atoms with Crippen molar-refractivity contribution in [3.05, 3.63) is 66.9 Å². The first-order valence-electron chi connectivity index (χ1n) is 7.88. The van der Waals surface area contributed by atoms with E-state index in [0.29, 0.717) is 5.95 Å². The first kappa shape index (κ1) is 16.4. The summed E-state index contributed by atoms with van der Waals surface area (Å²) in [4.78, 5) is 21.9. The first-order valence-corrected chi connectivity index (χ1v) is 7.88. The third kappa shape index (κ3) is 4.32. The number of anilines is 5. The molecule has 2 N–H and O–H groups in total. The van der Waals surface area contributed by atoms with Crippen molar-refractivity contribution < 1.29 is 4.79 Å². The molecule has 0 aliphatic rings. The second-order valence-corrected chi connectivity index (χ2v) is 5.52. The molecule has 0 saturated heterocycles. The van der Waals surface area contributed by atoms with Crippen LogP contribution >= 0.6 is 0 Å². The number of nitrogens with one attached hydrogen (secondary N) is 2. The van der Waals surface area contributed by atoms with Gasteiger partial charge in [-0.15, -0.1) is 0 Å². The minimum atomic E-state index is -0.0966. The largest absolute Gasteiger partial charge is 0.329 e. The van der Waals surface area contributed by atoms with E-state index in [9.17, 15) is 4.79 Å². The van der Waals surface area contributed by atoms with Gasteiger partial charge in [0.25, 0.3) is 0 Å².